The molecule has 3 aromatic heterocycles. The van der Waals surface area contributed by atoms with Crippen LogP contribution in [0.1, 0.15) is 41.6 Å². The number of amides is 1. The number of fused-ring (bicyclic) bond motifs is 1. The highest BCUT2D eigenvalue weighted by Crippen LogP contribution is 2.37. The molecule has 11 nitrogen and oxygen atoms in total. The topological polar surface area (TPSA) is 123 Å². The van der Waals surface area contributed by atoms with Crippen molar-refractivity contribution in [1.29, 1.82) is 0 Å². The summed E-state index contributed by atoms with van der Waals surface area (Å²) < 4.78 is 36.3. The fourth-order valence-electron chi connectivity index (χ4n) is 3.67. The summed E-state index contributed by atoms with van der Waals surface area (Å²) in [5.41, 5.74) is 3.44. The van der Waals surface area contributed by atoms with Gasteiger partial charge < -0.3 is 14.6 Å². The first kappa shape index (κ1) is 24.2. The number of nitrogens with one attached hydrogen (secondary N) is 2. The lowest BCUT2D eigenvalue weighted by Gasteiger charge is -2.13. The van der Waals surface area contributed by atoms with Gasteiger partial charge in [-0.2, -0.15) is 5.10 Å². The first-order chi connectivity index (χ1) is 16.7. The van der Waals surface area contributed by atoms with Crippen molar-refractivity contribution in [2.24, 2.45) is 0 Å². The van der Waals surface area contributed by atoms with E-state index in [4.69, 9.17) is 4.42 Å². The maximum absolute atomic E-state index is 14.6. The van der Waals surface area contributed by atoms with Gasteiger partial charge in [0, 0.05) is 12.3 Å². The monoisotopic (exact) mass is 486 g/mol. The lowest BCUT2D eigenvalue weighted by molar-refractivity contribution is 0.0533. The Bertz CT molecular complexity index is 1380. The summed E-state index contributed by atoms with van der Waals surface area (Å²) in [6.45, 7) is 4.42. The van der Waals surface area contributed by atoms with Crippen molar-refractivity contribution in [3.05, 3.63) is 53.3 Å². The summed E-state index contributed by atoms with van der Waals surface area (Å²) in [6, 6.07) is 1.66. The van der Waals surface area contributed by atoms with E-state index in [0.717, 1.165) is 11.6 Å². The first-order valence-electron chi connectivity index (χ1n) is 10.6. The van der Waals surface area contributed by atoms with E-state index in [9.17, 15) is 13.6 Å². The Hall–Kier alpha value is -3.97. The first-order valence-corrected chi connectivity index (χ1v) is 10.6. The Kier molecular flexibility index (Phi) is 6.71. The van der Waals surface area contributed by atoms with Crippen LogP contribution in [0.5, 0.6) is 0 Å². The summed E-state index contributed by atoms with van der Waals surface area (Å²) in [5, 5.41) is 15.4. The highest BCUT2D eigenvalue weighted by Gasteiger charge is 2.24. The van der Waals surface area contributed by atoms with Gasteiger partial charge in [0.05, 0.1) is 30.5 Å². The minimum Gasteiger partial charge on any atom is -0.419 e. The number of hydrogen-bond donors (Lipinski definition) is 2. The number of nitrogens with zero attached hydrogens (tertiary/aromatic N) is 6. The number of halogens is 2. The highest BCUT2D eigenvalue weighted by atomic mass is 19.1. The van der Waals surface area contributed by atoms with Crippen LogP contribution in [0.3, 0.4) is 0 Å². The molecule has 0 aliphatic carbocycles. The largest absolute Gasteiger partial charge is 0.419 e. The third-order valence-electron chi connectivity index (χ3n) is 5.09. The summed E-state index contributed by atoms with van der Waals surface area (Å²) >= 11 is 0. The van der Waals surface area contributed by atoms with E-state index in [1.54, 1.807) is 10.7 Å². The molecule has 13 heteroatoms. The van der Waals surface area contributed by atoms with Crippen LogP contribution in [-0.4, -0.2) is 56.8 Å². The Balaban J connectivity index is 1.81. The molecule has 4 aromatic rings. The lowest BCUT2D eigenvalue weighted by atomic mass is 10.00. The van der Waals surface area contributed by atoms with E-state index >= 15 is 0 Å². The van der Waals surface area contributed by atoms with Crippen molar-refractivity contribution in [3.8, 4) is 11.5 Å². The number of anilines is 2. The second-order valence-corrected chi connectivity index (χ2v) is 8.32. The lowest BCUT2D eigenvalue weighted by Crippen LogP contribution is -2.23. The Morgan fingerprint density at radius 2 is 2.00 bits per heavy atom. The van der Waals surface area contributed by atoms with E-state index in [1.807, 2.05) is 38.3 Å². The van der Waals surface area contributed by atoms with Crippen molar-refractivity contribution in [2.45, 2.75) is 26.3 Å². The van der Waals surface area contributed by atoms with Gasteiger partial charge in [-0.05, 0) is 31.6 Å². The van der Waals surface area contributed by atoms with Gasteiger partial charge in [-0.25, -0.2) is 23.8 Å². The minimum absolute atomic E-state index is 0.0353. The highest BCUT2D eigenvalue weighted by molar-refractivity contribution is 5.95. The predicted octanol–water partition coefficient (Wildman–Crippen LogP) is 3.28. The molecule has 1 aromatic carbocycles. The van der Waals surface area contributed by atoms with Crippen molar-refractivity contribution < 1.29 is 22.8 Å². The Morgan fingerprint density at radius 1 is 1.23 bits per heavy atom. The zero-order valence-corrected chi connectivity index (χ0v) is 19.8. The number of carbonyl (C=O) groups excluding carboxylic acids is 1. The van der Waals surface area contributed by atoms with Gasteiger partial charge in [-0.15, -0.1) is 10.2 Å². The Labute approximate surface area is 199 Å². The quantitative estimate of drug-likeness (QED) is 0.361. The summed E-state index contributed by atoms with van der Waals surface area (Å²) in [4.78, 5) is 22.8. The molecule has 184 valence electrons. The van der Waals surface area contributed by atoms with E-state index in [-0.39, 0.29) is 17.4 Å². The third kappa shape index (κ3) is 4.81. The molecule has 0 aliphatic heterocycles. The summed E-state index contributed by atoms with van der Waals surface area (Å²) in [5.74, 6) is -1.83. The van der Waals surface area contributed by atoms with Crippen molar-refractivity contribution in [3.63, 3.8) is 0 Å². The minimum atomic E-state index is -1.03. The van der Waals surface area contributed by atoms with Crippen LogP contribution >= 0.6 is 0 Å². The standard InChI is InChI=1S/C22H24F2N8O3/c1-11(2)18-13(22-29-28-17(35-22)9-31(3)4)8-32-19(18)20(25-10-26-32)27-16-6-12(21(33)30-34-5)14(23)7-15(16)24/h6-8,10-11H,9H2,1-5H3,(H,30,33)(H,25,26,27). The van der Waals surface area contributed by atoms with E-state index in [1.165, 1.54) is 13.4 Å². The maximum Gasteiger partial charge on any atom is 0.277 e. The zero-order valence-electron chi connectivity index (χ0n) is 19.8. The number of carbonyl (C=O) groups is 1. The van der Waals surface area contributed by atoms with Gasteiger partial charge in [0.2, 0.25) is 11.8 Å². The van der Waals surface area contributed by atoms with Gasteiger partial charge >= 0.3 is 0 Å². The molecule has 0 saturated carbocycles. The van der Waals surface area contributed by atoms with Crippen molar-refractivity contribution in [1.82, 2.24) is 35.2 Å². The van der Waals surface area contributed by atoms with Crippen molar-refractivity contribution >= 4 is 22.9 Å². The fraction of sp³-hybridized carbons (Fsp3) is 0.318. The van der Waals surface area contributed by atoms with E-state index in [2.05, 4.69) is 30.4 Å². The molecular formula is C22H24F2N8O3. The predicted molar refractivity (Wildman–Crippen MR) is 122 cm³/mol. The summed E-state index contributed by atoms with van der Waals surface area (Å²) in [6.07, 6.45) is 3.01. The molecule has 0 spiro atoms. The molecule has 0 aliphatic rings. The molecule has 0 bridgehead atoms. The van der Waals surface area contributed by atoms with Crippen LogP contribution in [0.15, 0.2) is 29.1 Å². The molecule has 0 atom stereocenters. The second-order valence-electron chi connectivity index (χ2n) is 8.32. The SMILES string of the molecule is CONC(=O)c1cc(Nc2ncnn3cc(-c4nnc(CN(C)C)o4)c(C(C)C)c23)c(F)cc1F. The fourth-order valence-corrected chi connectivity index (χ4v) is 3.67. The molecule has 35 heavy (non-hydrogen) atoms. The molecule has 0 radical (unpaired) electrons. The van der Waals surface area contributed by atoms with Crippen LogP contribution < -0.4 is 10.8 Å². The number of hydroxylamine groups is 1. The van der Waals surface area contributed by atoms with E-state index < -0.39 is 23.1 Å². The van der Waals surface area contributed by atoms with Crippen LogP contribution in [0.2, 0.25) is 0 Å². The molecule has 0 saturated heterocycles. The van der Waals surface area contributed by atoms with E-state index in [0.29, 0.717) is 35.5 Å². The second kappa shape index (κ2) is 9.72. The summed E-state index contributed by atoms with van der Waals surface area (Å²) in [7, 11) is 4.99. The third-order valence-corrected chi connectivity index (χ3v) is 5.09. The smallest absolute Gasteiger partial charge is 0.277 e. The number of rotatable bonds is 8. The Morgan fingerprint density at radius 3 is 2.69 bits per heavy atom. The molecule has 0 fully saturated rings. The van der Waals surface area contributed by atoms with Crippen LogP contribution in [-0.2, 0) is 11.4 Å². The molecule has 1 amide bonds. The van der Waals surface area contributed by atoms with Crippen molar-refractivity contribution in [2.75, 3.05) is 26.5 Å². The zero-order chi connectivity index (χ0) is 25.3. The molecule has 4 rings (SSSR count). The number of hydrogen-bond acceptors (Lipinski definition) is 9. The normalized spacial score (nSPS) is 11.6. The van der Waals surface area contributed by atoms with Gasteiger partial charge in [0.1, 0.15) is 23.5 Å². The van der Waals surface area contributed by atoms with Gasteiger partial charge in [0.15, 0.2) is 5.82 Å². The number of benzene rings is 1. The van der Waals surface area contributed by atoms with Gasteiger partial charge in [0.25, 0.3) is 5.91 Å². The molecule has 0 unspecified atom stereocenters. The van der Waals surface area contributed by atoms with Gasteiger partial charge in [-0.3, -0.25) is 9.63 Å². The number of aromatic nitrogens is 5. The average molecular weight is 486 g/mol. The maximum atomic E-state index is 14.6. The van der Waals surface area contributed by atoms with Crippen LogP contribution in [0.4, 0.5) is 20.3 Å². The average Bonchev–Trinajstić information content (AvgIpc) is 3.40. The molecule has 3 heterocycles. The molecular weight excluding hydrogens is 462 g/mol. The molecule has 2 N–H and O–H groups in total. The van der Waals surface area contributed by atoms with Gasteiger partial charge in [-0.1, -0.05) is 13.8 Å². The van der Waals surface area contributed by atoms with Crippen LogP contribution in [0, 0.1) is 11.6 Å². The van der Waals surface area contributed by atoms with Crippen LogP contribution in [0.25, 0.3) is 17.0 Å².